The fourth-order valence-electron chi connectivity index (χ4n) is 2.81. The molecule has 0 amide bonds. The van der Waals surface area contributed by atoms with E-state index in [9.17, 15) is 24.9 Å². The van der Waals surface area contributed by atoms with Crippen molar-refractivity contribution in [1.29, 1.82) is 0 Å². The van der Waals surface area contributed by atoms with Gasteiger partial charge in [0.05, 0.1) is 6.61 Å². The van der Waals surface area contributed by atoms with Crippen LogP contribution in [0.25, 0.3) is 11.2 Å². The van der Waals surface area contributed by atoms with Crippen LogP contribution in [0.1, 0.15) is 18.7 Å². The number of rotatable bonds is 3. The van der Waals surface area contributed by atoms with Gasteiger partial charge in [0.1, 0.15) is 23.8 Å². The van der Waals surface area contributed by atoms with Gasteiger partial charge in [-0.05, 0) is 6.92 Å². The molecule has 12 heteroatoms. The highest BCUT2D eigenvalue weighted by molar-refractivity contribution is 6.19. The zero-order valence-electron chi connectivity index (χ0n) is 12.5. The zero-order valence-corrected chi connectivity index (χ0v) is 13.2. The van der Waals surface area contributed by atoms with Gasteiger partial charge in [-0.1, -0.05) is 11.6 Å². The average molecular weight is 362 g/mol. The summed E-state index contributed by atoms with van der Waals surface area (Å²) in [6.07, 6.45) is -5.40. The quantitative estimate of drug-likeness (QED) is 0.385. The molecular weight excluding hydrogens is 346 g/mol. The fourth-order valence-corrected chi connectivity index (χ4v) is 2.99. The molecule has 1 aliphatic rings. The molecule has 5 atom stereocenters. The summed E-state index contributed by atoms with van der Waals surface area (Å²) >= 11 is 5.99. The molecule has 24 heavy (non-hydrogen) atoms. The molecule has 3 heterocycles. The highest BCUT2D eigenvalue weighted by Crippen LogP contribution is 2.30. The maximum atomic E-state index is 12.7. The molecule has 6 N–H and O–H groups in total. The first-order valence-corrected chi connectivity index (χ1v) is 7.50. The topological polar surface area (TPSA) is 169 Å². The molecule has 0 aromatic carbocycles. The van der Waals surface area contributed by atoms with Gasteiger partial charge in [0.15, 0.2) is 17.4 Å². The summed E-state index contributed by atoms with van der Waals surface area (Å²) < 4.78 is 7.21. The number of hydrogen-bond donors (Lipinski definition) is 5. The molecule has 2 aromatic heterocycles. The number of imidazole rings is 1. The number of nitrogen functional groups attached to an aromatic ring is 1. The van der Waals surface area contributed by atoms with E-state index in [0.29, 0.717) is 0 Å². The van der Waals surface area contributed by atoms with Crippen molar-refractivity contribution < 1.29 is 20.1 Å². The average Bonchev–Trinajstić information content (AvgIpc) is 2.94. The summed E-state index contributed by atoms with van der Waals surface area (Å²) in [6, 6.07) is 0. The third-order valence-corrected chi connectivity index (χ3v) is 4.10. The fraction of sp³-hybridized carbons (Fsp3) is 0.583. The number of aromatic nitrogens is 4. The normalized spacial score (nSPS) is 28.5. The summed E-state index contributed by atoms with van der Waals surface area (Å²) in [6.45, 7) is 0.907. The molecule has 1 saturated heterocycles. The molecule has 132 valence electrons. The standard InChI is InChI=1S/C12H16ClN5O6/c1-3(13)17-5-8(15-11(14)16-9(5)22)18(12(17)23)10-7(21)6(20)4(2-19)24-10/h3-4,6-7,10,19-21H,2H2,1H3,(H3,14,15,16,22)/t3?,4-,6-,7-,10-/m1/s1. The van der Waals surface area contributed by atoms with Crippen LogP contribution in [0.4, 0.5) is 5.95 Å². The molecular formula is C12H16ClN5O6. The van der Waals surface area contributed by atoms with Gasteiger partial charge in [-0.25, -0.2) is 9.36 Å². The predicted molar refractivity (Wildman–Crippen MR) is 82.6 cm³/mol. The minimum atomic E-state index is -1.52. The molecule has 1 unspecified atom stereocenters. The Morgan fingerprint density at radius 3 is 2.62 bits per heavy atom. The monoisotopic (exact) mass is 361 g/mol. The Balaban J connectivity index is 2.32. The highest BCUT2D eigenvalue weighted by atomic mass is 35.5. The van der Waals surface area contributed by atoms with Crippen LogP contribution in [-0.2, 0) is 4.74 Å². The van der Waals surface area contributed by atoms with Crippen LogP contribution in [0.3, 0.4) is 0 Å². The first kappa shape index (κ1) is 16.9. The van der Waals surface area contributed by atoms with Crippen LogP contribution >= 0.6 is 11.6 Å². The lowest BCUT2D eigenvalue weighted by Crippen LogP contribution is -2.36. The van der Waals surface area contributed by atoms with E-state index in [0.717, 1.165) is 9.13 Å². The molecule has 1 aliphatic heterocycles. The number of nitrogens with zero attached hydrogens (tertiary/aromatic N) is 3. The summed E-state index contributed by atoms with van der Waals surface area (Å²) in [4.78, 5) is 31.1. The minimum absolute atomic E-state index is 0.144. The number of fused-ring (bicyclic) bond motifs is 1. The Morgan fingerprint density at radius 1 is 1.42 bits per heavy atom. The van der Waals surface area contributed by atoms with Gasteiger partial charge in [-0.3, -0.25) is 14.3 Å². The van der Waals surface area contributed by atoms with Crippen molar-refractivity contribution in [2.75, 3.05) is 12.3 Å². The van der Waals surface area contributed by atoms with Crippen LogP contribution in [0.2, 0.25) is 0 Å². The SMILES string of the molecule is CC(Cl)n1c(=O)n([C@@H]2O[C@H](CO)[C@@H](O)[C@H]2O)c2nc(N)[nH]c(=O)c21. The van der Waals surface area contributed by atoms with Gasteiger partial charge < -0.3 is 25.8 Å². The van der Waals surface area contributed by atoms with Gasteiger partial charge in [0, 0.05) is 0 Å². The number of H-pyrrole nitrogens is 1. The van der Waals surface area contributed by atoms with Crippen molar-refractivity contribution in [3.8, 4) is 0 Å². The molecule has 11 nitrogen and oxygen atoms in total. The Morgan fingerprint density at radius 2 is 2.08 bits per heavy atom. The van der Waals surface area contributed by atoms with Crippen molar-refractivity contribution in [3.63, 3.8) is 0 Å². The molecule has 0 saturated carbocycles. The largest absolute Gasteiger partial charge is 0.394 e. The molecule has 0 spiro atoms. The lowest BCUT2D eigenvalue weighted by atomic mass is 10.1. The number of aliphatic hydroxyl groups is 3. The van der Waals surface area contributed by atoms with Gasteiger partial charge in [0.25, 0.3) is 5.56 Å². The predicted octanol–water partition coefficient (Wildman–Crippen LogP) is -2.16. The van der Waals surface area contributed by atoms with Crippen molar-refractivity contribution in [3.05, 3.63) is 20.8 Å². The third kappa shape index (κ3) is 2.32. The zero-order chi connectivity index (χ0) is 17.8. The second-order valence-corrected chi connectivity index (χ2v) is 6.08. The van der Waals surface area contributed by atoms with E-state index in [1.54, 1.807) is 0 Å². The van der Waals surface area contributed by atoms with Crippen LogP contribution < -0.4 is 17.0 Å². The van der Waals surface area contributed by atoms with E-state index < -0.39 is 47.9 Å². The Bertz CT molecular complexity index is 888. The summed E-state index contributed by atoms with van der Waals surface area (Å²) in [7, 11) is 0. The lowest BCUT2D eigenvalue weighted by Gasteiger charge is -2.15. The van der Waals surface area contributed by atoms with Gasteiger partial charge in [-0.2, -0.15) is 4.98 Å². The number of aromatic amines is 1. The van der Waals surface area contributed by atoms with Crippen molar-refractivity contribution in [2.45, 2.75) is 37.0 Å². The number of aliphatic hydroxyl groups excluding tert-OH is 3. The lowest BCUT2D eigenvalue weighted by molar-refractivity contribution is -0.0528. The minimum Gasteiger partial charge on any atom is -0.394 e. The number of ether oxygens (including phenoxy) is 1. The number of hydrogen-bond acceptors (Lipinski definition) is 8. The Hall–Kier alpha value is -1.92. The molecule has 2 aromatic rings. The third-order valence-electron chi connectivity index (χ3n) is 3.90. The first-order chi connectivity index (χ1) is 11.3. The first-order valence-electron chi connectivity index (χ1n) is 7.06. The number of halogens is 1. The molecule has 3 rings (SSSR count). The number of alkyl halides is 1. The van der Waals surface area contributed by atoms with Crippen molar-refractivity contribution >= 4 is 28.7 Å². The molecule has 0 bridgehead atoms. The van der Waals surface area contributed by atoms with Crippen LogP contribution in [0, 0.1) is 0 Å². The second-order valence-electron chi connectivity index (χ2n) is 5.45. The maximum absolute atomic E-state index is 12.7. The van der Waals surface area contributed by atoms with Gasteiger partial charge >= 0.3 is 5.69 Å². The van der Waals surface area contributed by atoms with E-state index in [-0.39, 0.29) is 17.1 Å². The van der Waals surface area contributed by atoms with E-state index in [1.807, 2.05) is 0 Å². The second kappa shape index (κ2) is 5.86. The Kier molecular flexibility index (Phi) is 4.13. The highest BCUT2D eigenvalue weighted by Gasteiger charge is 2.45. The maximum Gasteiger partial charge on any atom is 0.334 e. The van der Waals surface area contributed by atoms with E-state index in [1.165, 1.54) is 6.92 Å². The number of nitrogens with one attached hydrogen (secondary N) is 1. The van der Waals surface area contributed by atoms with Crippen molar-refractivity contribution in [2.24, 2.45) is 0 Å². The number of anilines is 1. The van der Waals surface area contributed by atoms with Crippen LogP contribution in [-0.4, -0.2) is 59.3 Å². The van der Waals surface area contributed by atoms with E-state index >= 15 is 0 Å². The molecule has 0 radical (unpaired) electrons. The summed E-state index contributed by atoms with van der Waals surface area (Å²) in [5.41, 5.74) is 2.87. The van der Waals surface area contributed by atoms with E-state index in [2.05, 4.69) is 9.97 Å². The smallest absolute Gasteiger partial charge is 0.334 e. The van der Waals surface area contributed by atoms with Crippen LogP contribution in [0.5, 0.6) is 0 Å². The molecule has 0 aliphatic carbocycles. The van der Waals surface area contributed by atoms with Gasteiger partial charge in [0.2, 0.25) is 5.95 Å². The van der Waals surface area contributed by atoms with Crippen molar-refractivity contribution in [1.82, 2.24) is 19.1 Å². The Labute approximate surface area is 138 Å². The summed E-state index contributed by atoms with van der Waals surface area (Å²) in [5, 5.41) is 29.2. The van der Waals surface area contributed by atoms with Gasteiger partial charge in [-0.15, -0.1) is 0 Å². The summed E-state index contributed by atoms with van der Waals surface area (Å²) in [5.74, 6) is -0.243. The number of nitrogens with two attached hydrogens (primary N) is 1. The van der Waals surface area contributed by atoms with Crippen LogP contribution in [0.15, 0.2) is 9.59 Å². The van der Waals surface area contributed by atoms with E-state index in [4.69, 9.17) is 22.1 Å². The molecule has 1 fully saturated rings.